The van der Waals surface area contributed by atoms with Crippen LogP contribution in [0.15, 0.2) is 24.3 Å². The second-order valence-electron chi connectivity index (χ2n) is 2.58. The minimum Gasteiger partial charge on any atom is -0.382 e. The molecule has 0 amide bonds. The highest BCUT2D eigenvalue weighted by molar-refractivity contribution is 6.30. The van der Waals surface area contributed by atoms with Crippen molar-refractivity contribution in [2.24, 2.45) is 0 Å². The van der Waals surface area contributed by atoms with Gasteiger partial charge in [0.2, 0.25) is 0 Å². The van der Waals surface area contributed by atoms with Crippen molar-refractivity contribution in [3.63, 3.8) is 0 Å². The van der Waals surface area contributed by atoms with Gasteiger partial charge in [-0.3, -0.25) is 0 Å². The van der Waals surface area contributed by atoms with Crippen LogP contribution >= 0.6 is 11.6 Å². The summed E-state index contributed by atoms with van der Waals surface area (Å²) >= 11 is 5.61. The quantitative estimate of drug-likeness (QED) is 0.708. The Morgan fingerprint density at radius 1 is 1.08 bits per heavy atom. The summed E-state index contributed by atoms with van der Waals surface area (Å²) in [6.45, 7) is 7.70. The first-order valence-electron chi connectivity index (χ1n) is 4.50. The minimum absolute atomic E-state index is 0.801. The summed E-state index contributed by atoms with van der Waals surface area (Å²) < 4.78 is 4.83. The molecule has 0 atom stereocenters. The summed E-state index contributed by atoms with van der Waals surface area (Å²) in [6, 6.07) is 7.75. The summed E-state index contributed by atoms with van der Waals surface area (Å²) in [6.07, 6.45) is 0. The molecule has 1 rings (SSSR count). The molecule has 1 aromatic rings. The van der Waals surface area contributed by atoms with Gasteiger partial charge < -0.3 is 4.74 Å². The zero-order valence-corrected chi connectivity index (χ0v) is 9.27. The molecular weight excluding hydrogens is 184 g/mol. The number of ether oxygens (including phenoxy) is 1. The van der Waals surface area contributed by atoms with Gasteiger partial charge in [-0.05, 0) is 32.9 Å². The normalized spacial score (nSPS) is 8.92. The zero-order chi connectivity index (χ0) is 10.1. The van der Waals surface area contributed by atoms with Crippen molar-refractivity contribution in [3.05, 3.63) is 34.9 Å². The van der Waals surface area contributed by atoms with Crippen LogP contribution < -0.4 is 0 Å². The molecule has 74 valence electrons. The average Bonchev–Trinajstić information content (AvgIpc) is 2.13. The van der Waals surface area contributed by atoms with E-state index in [-0.39, 0.29) is 0 Å². The molecule has 0 unspecified atom stereocenters. The lowest BCUT2D eigenvalue weighted by Gasteiger charge is -1.88. The molecule has 0 saturated carbocycles. The van der Waals surface area contributed by atoms with Gasteiger partial charge in [0.25, 0.3) is 0 Å². The molecule has 0 aliphatic rings. The third kappa shape index (κ3) is 7.82. The molecule has 0 saturated heterocycles. The molecule has 0 N–H and O–H groups in total. The molecule has 13 heavy (non-hydrogen) atoms. The van der Waals surface area contributed by atoms with Gasteiger partial charge in [-0.15, -0.1) is 0 Å². The van der Waals surface area contributed by atoms with E-state index in [2.05, 4.69) is 0 Å². The third-order valence-corrected chi connectivity index (χ3v) is 1.67. The lowest BCUT2D eigenvalue weighted by atomic mass is 10.2. The Hall–Kier alpha value is -0.530. The number of rotatable bonds is 2. The summed E-state index contributed by atoms with van der Waals surface area (Å²) in [5.74, 6) is 0. The average molecular weight is 201 g/mol. The molecule has 0 bridgehead atoms. The van der Waals surface area contributed by atoms with E-state index in [1.165, 1.54) is 5.56 Å². The van der Waals surface area contributed by atoms with Gasteiger partial charge in [0.1, 0.15) is 0 Å². The minimum atomic E-state index is 0.801. The molecule has 0 aliphatic heterocycles. The van der Waals surface area contributed by atoms with Crippen LogP contribution in [-0.4, -0.2) is 13.2 Å². The maximum Gasteiger partial charge on any atom is 0.0437 e. The van der Waals surface area contributed by atoms with Crippen molar-refractivity contribution < 1.29 is 4.74 Å². The third-order valence-electron chi connectivity index (χ3n) is 1.42. The molecule has 2 heteroatoms. The second kappa shape index (κ2) is 8.09. The van der Waals surface area contributed by atoms with Gasteiger partial charge in [0, 0.05) is 18.2 Å². The Morgan fingerprint density at radius 3 is 1.77 bits per heavy atom. The van der Waals surface area contributed by atoms with Gasteiger partial charge in [0.15, 0.2) is 0 Å². The fraction of sp³-hybridized carbons (Fsp3) is 0.455. The number of benzene rings is 1. The van der Waals surface area contributed by atoms with E-state index in [0.717, 1.165) is 18.2 Å². The van der Waals surface area contributed by atoms with Crippen LogP contribution in [-0.2, 0) is 4.74 Å². The lowest BCUT2D eigenvalue weighted by Crippen LogP contribution is -1.84. The Balaban J connectivity index is 0.000000252. The first-order valence-corrected chi connectivity index (χ1v) is 4.88. The Kier molecular flexibility index (Phi) is 7.76. The lowest BCUT2D eigenvalue weighted by molar-refractivity contribution is 0.162. The van der Waals surface area contributed by atoms with E-state index >= 15 is 0 Å². The summed E-state index contributed by atoms with van der Waals surface area (Å²) in [5.41, 5.74) is 1.24. The van der Waals surface area contributed by atoms with Crippen molar-refractivity contribution in [1.82, 2.24) is 0 Å². The highest BCUT2D eigenvalue weighted by Gasteiger charge is 1.81. The van der Waals surface area contributed by atoms with E-state index in [4.69, 9.17) is 16.3 Å². The fourth-order valence-corrected chi connectivity index (χ4v) is 0.863. The van der Waals surface area contributed by atoms with Gasteiger partial charge in [-0.1, -0.05) is 29.3 Å². The first kappa shape index (κ1) is 12.5. The van der Waals surface area contributed by atoms with Crippen LogP contribution in [0.3, 0.4) is 0 Å². The van der Waals surface area contributed by atoms with Crippen LogP contribution in [0.2, 0.25) is 5.02 Å². The Morgan fingerprint density at radius 2 is 1.54 bits per heavy atom. The van der Waals surface area contributed by atoms with E-state index < -0.39 is 0 Å². The maximum absolute atomic E-state index is 5.61. The van der Waals surface area contributed by atoms with E-state index in [1.807, 2.05) is 45.0 Å². The number of halogens is 1. The van der Waals surface area contributed by atoms with Gasteiger partial charge >= 0.3 is 0 Å². The van der Waals surface area contributed by atoms with E-state index in [1.54, 1.807) is 0 Å². The summed E-state index contributed by atoms with van der Waals surface area (Å²) in [7, 11) is 0. The summed E-state index contributed by atoms with van der Waals surface area (Å²) in [5, 5.41) is 0.801. The number of hydrogen-bond donors (Lipinski definition) is 0. The van der Waals surface area contributed by atoms with E-state index in [9.17, 15) is 0 Å². The van der Waals surface area contributed by atoms with Crippen LogP contribution in [0, 0.1) is 6.92 Å². The molecule has 0 fully saturated rings. The number of hydrogen-bond acceptors (Lipinski definition) is 1. The molecule has 1 aromatic carbocycles. The SMILES string of the molecule is CCOCC.Cc1ccc(Cl)cc1. The molecule has 0 aliphatic carbocycles. The van der Waals surface area contributed by atoms with Crippen LogP contribution in [0.4, 0.5) is 0 Å². The Bertz CT molecular complexity index is 183. The van der Waals surface area contributed by atoms with Crippen LogP contribution in [0.25, 0.3) is 0 Å². The molecule has 0 heterocycles. The zero-order valence-electron chi connectivity index (χ0n) is 8.51. The highest BCUT2D eigenvalue weighted by Crippen LogP contribution is 2.07. The monoisotopic (exact) mass is 200 g/mol. The molecule has 0 spiro atoms. The van der Waals surface area contributed by atoms with Gasteiger partial charge in [-0.2, -0.15) is 0 Å². The standard InChI is InChI=1S/C7H7Cl.C4H10O/c1-6-2-4-7(8)5-3-6;1-3-5-4-2/h2-5H,1H3;3-4H2,1-2H3. The predicted octanol–water partition coefficient (Wildman–Crippen LogP) is 3.69. The van der Waals surface area contributed by atoms with Crippen molar-refractivity contribution in [1.29, 1.82) is 0 Å². The first-order chi connectivity index (χ1) is 6.20. The maximum atomic E-state index is 5.61. The van der Waals surface area contributed by atoms with Crippen LogP contribution in [0.5, 0.6) is 0 Å². The van der Waals surface area contributed by atoms with Crippen molar-refractivity contribution in [2.75, 3.05) is 13.2 Å². The molecule has 0 aromatic heterocycles. The Labute approximate surface area is 85.7 Å². The second-order valence-corrected chi connectivity index (χ2v) is 3.01. The van der Waals surface area contributed by atoms with Crippen molar-refractivity contribution in [3.8, 4) is 0 Å². The van der Waals surface area contributed by atoms with Crippen molar-refractivity contribution >= 4 is 11.6 Å². The predicted molar refractivity (Wildman–Crippen MR) is 58.4 cm³/mol. The molecule has 1 nitrogen and oxygen atoms in total. The van der Waals surface area contributed by atoms with Crippen molar-refractivity contribution in [2.45, 2.75) is 20.8 Å². The largest absolute Gasteiger partial charge is 0.382 e. The van der Waals surface area contributed by atoms with Gasteiger partial charge in [-0.25, -0.2) is 0 Å². The van der Waals surface area contributed by atoms with E-state index in [0.29, 0.717) is 0 Å². The van der Waals surface area contributed by atoms with Gasteiger partial charge in [0.05, 0.1) is 0 Å². The molecular formula is C11H17ClO. The topological polar surface area (TPSA) is 9.23 Å². The van der Waals surface area contributed by atoms with Crippen LogP contribution in [0.1, 0.15) is 19.4 Å². The fourth-order valence-electron chi connectivity index (χ4n) is 0.737. The summed E-state index contributed by atoms with van der Waals surface area (Å²) in [4.78, 5) is 0. The smallest absolute Gasteiger partial charge is 0.0437 e. The molecule has 0 radical (unpaired) electrons. The highest BCUT2D eigenvalue weighted by atomic mass is 35.5. The number of aryl methyl sites for hydroxylation is 1.